The van der Waals surface area contributed by atoms with Crippen LogP contribution < -0.4 is 19.1 Å². The summed E-state index contributed by atoms with van der Waals surface area (Å²) in [6.45, 7) is 6.06. The van der Waals surface area contributed by atoms with Crippen LogP contribution in [-0.4, -0.2) is 80.6 Å². The molecule has 0 radical (unpaired) electrons. The maximum atomic E-state index is 13.5. The van der Waals surface area contributed by atoms with E-state index in [0.717, 1.165) is 29.3 Å². The van der Waals surface area contributed by atoms with E-state index in [1.807, 2.05) is 56.3 Å². The Morgan fingerprint density at radius 2 is 1.91 bits per heavy atom. The van der Waals surface area contributed by atoms with Crippen molar-refractivity contribution in [1.29, 1.82) is 0 Å². The van der Waals surface area contributed by atoms with E-state index >= 15 is 0 Å². The van der Waals surface area contributed by atoms with Crippen molar-refractivity contribution in [2.75, 3.05) is 52.5 Å². The third kappa shape index (κ3) is 4.93. The molecule has 0 saturated carbocycles. The number of carbonyl (C=O) groups excluding carboxylic acids is 1. The van der Waals surface area contributed by atoms with Crippen molar-refractivity contribution in [1.82, 2.24) is 9.80 Å². The molecule has 0 fully saturated rings. The van der Waals surface area contributed by atoms with E-state index in [4.69, 9.17) is 14.2 Å². The van der Waals surface area contributed by atoms with E-state index in [-0.39, 0.29) is 37.4 Å². The van der Waals surface area contributed by atoms with Crippen LogP contribution in [0.3, 0.4) is 0 Å². The summed E-state index contributed by atoms with van der Waals surface area (Å²) in [6, 6.07) is 11.4. The smallest absolute Gasteiger partial charge is 0.258 e. The quantitative estimate of drug-likeness (QED) is 0.668. The second kappa shape index (κ2) is 10.1. The van der Waals surface area contributed by atoms with Crippen LogP contribution >= 0.6 is 0 Å². The number of aliphatic hydroxyl groups is 1. The van der Waals surface area contributed by atoms with E-state index in [1.54, 1.807) is 4.90 Å². The molecule has 8 nitrogen and oxygen atoms in total. The molecule has 0 aliphatic carbocycles. The second-order valence-electron chi connectivity index (χ2n) is 9.56. The number of aliphatic hydroxyl groups excluding tert-OH is 1. The van der Waals surface area contributed by atoms with Gasteiger partial charge in [-0.1, -0.05) is 19.1 Å². The Labute approximate surface area is 201 Å². The number of likely N-dealkylation sites (N-methyl/N-ethyl adjacent to an activating group) is 1. The first-order valence-corrected chi connectivity index (χ1v) is 11.7. The molecule has 0 unspecified atom stereocenters. The summed E-state index contributed by atoms with van der Waals surface area (Å²) in [6.07, 6.45) is -0.152. The molecule has 2 aromatic rings. The van der Waals surface area contributed by atoms with Gasteiger partial charge in [-0.15, -0.1) is 0 Å². The van der Waals surface area contributed by atoms with Gasteiger partial charge in [0, 0.05) is 39.6 Å². The van der Waals surface area contributed by atoms with Crippen molar-refractivity contribution in [3.8, 4) is 17.2 Å². The molecule has 8 heteroatoms. The van der Waals surface area contributed by atoms with Gasteiger partial charge in [0.2, 0.25) is 6.79 Å². The zero-order chi connectivity index (χ0) is 24.4. The van der Waals surface area contributed by atoms with Gasteiger partial charge in [0.1, 0.15) is 6.10 Å². The average molecular weight is 470 g/mol. The number of hydrogen-bond acceptors (Lipinski definition) is 7. The zero-order valence-electron chi connectivity index (χ0n) is 20.7. The highest BCUT2D eigenvalue weighted by Gasteiger charge is 2.34. The fourth-order valence-electron chi connectivity index (χ4n) is 4.52. The van der Waals surface area contributed by atoms with Gasteiger partial charge in [-0.25, -0.2) is 0 Å². The largest absolute Gasteiger partial charge is 0.486 e. The molecule has 0 bridgehead atoms. The minimum atomic E-state index is -0.282. The molecule has 1 N–H and O–H groups in total. The van der Waals surface area contributed by atoms with Crippen LogP contribution in [-0.2, 0) is 6.54 Å². The number of fused-ring (bicyclic) bond motifs is 2. The van der Waals surface area contributed by atoms with Crippen molar-refractivity contribution in [3.05, 3.63) is 47.5 Å². The molecule has 0 saturated heterocycles. The molecule has 184 valence electrons. The van der Waals surface area contributed by atoms with Crippen LogP contribution in [0.1, 0.15) is 29.8 Å². The minimum Gasteiger partial charge on any atom is -0.486 e. The number of ether oxygens (including phenoxy) is 3. The first-order chi connectivity index (χ1) is 16.3. The van der Waals surface area contributed by atoms with E-state index < -0.39 is 0 Å². The number of anilines is 1. The fraction of sp³-hybridized carbons (Fsp3) is 0.500. The molecule has 34 heavy (non-hydrogen) atoms. The monoisotopic (exact) mass is 469 g/mol. The maximum absolute atomic E-state index is 13.5. The van der Waals surface area contributed by atoms with Crippen LogP contribution in [0.4, 0.5) is 5.69 Å². The summed E-state index contributed by atoms with van der Waals surface area (Å²) in [5.41, 5.74) is 2.52. The summed E-state index contributed by atoms with van der Waals surface area (Å²) in [5, 5.41) is 9.83. The molecule has 2 aromatic carbocycles. The lowest BCUT2D eigenvalue weighted by Crippen LogP contribution is -2.49. The van der Waals surface area contributed by atoms with Gasteiger partial charge in [0.05, 0.1) is 23.9 Å². The Morgan fingerprint density at radius 1 is 1.15 bits per heavy atom. The van der Waals surface area contributed by atoms with E-state index in [9.17, 15) is 9.90 Å². The molecule has 2 aliphatic rings. The number of nitrogens with zero attached hydrogens (tertiary/aromatic N) is 3. The summed E-state index contributed by atoms with van der Waals surface area (Å²) >= 11 is 0. The predicted molar refractivity (Wildman–Crippen MR) is 131 cm³/mol. The van der Waals surface area contributed by atoms with Gasteiger partial charge >= 0.3 is 0 Å². The normalized spacial score (nSPS) is 20.4. The zero-order valence-corrected chi connectivity index (χ0v) is 20.7. The summed E-state index contributed by atoms with van der Waals surface area (Å²) in [4.78, 5) is 19.4. The van der Waals surface area contributed by atoms with Crippen LogP contribution in [0.2, 0.25) is 0 Å². The molecule has 2 aliphatic heterocycles. The molecule has 4 rings (SSSR count). The minimum absolute atomic E-state index is 0.0560. The summed E-state index contributed by atoms with van der Waals surface area (Å²) < 4.78 is 17.6. The number of hydrogen-bond donors (Lipinski definition) is 1. The van der Waals surface area contributed by atoms with Crippen LogP contribution in [0.15, 0.2) is 36.4 Å². The van der Waals surface area contributed by atoms with E-state index in [1.165, 1.54) is 0 Å². The average Bonchev–Trinajstić information content (AvgIpc) is 3.28. The number of para-hydroxylation sites is 1. The number of benzene rings is 2. The Morgan fingerprint density at radius 3 is 2.65 bits per heavy atom. The van der Waals surface area contributed by atoms with Crippen molar-refractivity contribution in [3.63, 3.8) is 0 Å². The van der Waals surface area contributed by atoms with Crippen molar-refractivity contribution in [2.24, 2.45) is 5.92 Å². The lowest BCUT2D eigenvalue weighted by Gasteiger charge is -2.39. The van der Waals surface area contributed by atoms with Gasteiger partial charge in [-0.3, -0.25) is 9.69 Å². The first-order valence-electron chi connectivity index (χ1n) is 11.7. The predicted octanol–water partition coefficient (Wildman–Crippen LogP) is 2.83. The fourth-order valence-corrected chi connectivity index (χ4v) is 4.52. The Balaban J connectivity index is 1.60. The number of carbonyl (C=O) groups is 1. The molecule has 0 spiro atoms. The first kappa shape index (κ1) is 24.2. The highest BCUT2D eigenvalue weighted by Crippen LogP contribution is 2.36. The van der Waals surface area contributed by atoms with Gasteiger partial charge < -0.3 is 29.1 Å². The van der Waals surface area contributed by atoms with E-state index in [0.29, 0.717) is 24.4 Å². The van der Waals surface area contributed by atoms with Crippen LogP contribution in [0.5, 0.6) is 17.2 Å². The highest BCUT2D eigenvalue weighted by atomic mass is 16.7. The summed E-state index contributed by atoms with van der Waals surface area (Å²) in [7, 11) is 5.96. The standard InChI is InChI=1S/C26H35N3O5/c1-17-12-29(18(2)15-30)26(31)20-7-6-8-21(27(3)4)25(20)34-24(17)14-28(5)13-19-9-10-22-23(11-19)33-16-32-22/h6-11,17-18,24,30H,12-16H2,1-5H3/t17-,18+,24-/m0/s1. The molecular weight excluding hydrogens is 434 g/mol. The number of rotatable bonds is 7. The SMILES string of the molecule is C[C@H](CO)N1C[C@H](C)[C@H](CN(C)Cc2ccc3c(c2)OCO3)Oc2c(cccc2N(C)C)C1=O. The molecule has 3 atom stereocenters. The molecular formula is C26H35N3O5. The Kier molecular flexibility index (Phi) is 7.19. The highest BCUT2D eigenvalue weighted by molar-refractivity contribution is 5.99. The van der Waals surface area contributed by atoms with Crippen LogP contribution in [0.25, 0.3) is 0 Å². The third-order valence-corrected chi connectivity index (χ3v) is 6.53. The molecule has 1 amide bonds. The lowest BCUT2D eigenvalue weighted by atomic mass is 9.98. The third-order valence-electron chi connectivity index (χ3n) is 6.53. The van der Waals surface area contributed by atoms with Gasteiger partial charge in [-0.2, -0.15) is 0 Å². The van der Waals surface area contributed by atoms with Gasteiger partial charge in [0.25, 0.3) is 5.91 Å². The summed E-state index contributed by atoms with van der Waals surface area (Å²) in [5.74, 6) is 2.09. The topological polar surface area (TPSA) is 74.7 Å². The van der Waals surface area contributed by atoms with Crippen molar-refractivity contribution in [2.45, 2.75) is 32.5 Å². The second-order valence-corrected chi connectivity index (χ2v) is 9.56. The van der Waals surface area contributed by atoms with Gasteiger partial charge in [0.15, 0.2) is 17.2 Å². The molecule has 2 heterocycles. The van der Waals surface area contributed by atoms with Crippen molar-refractivity contribution < 1.29 is 24.1 Å². The van der Waals surface area contributed by atoms with Crippen molar-refractivity contribution >= 4 is 11.6 Å². The Bertz CT molecular complexity index is 1030. The maximum Gasteiger partial charge on any atom is 0.258 e. The molecule has 0 aromatic heterocycles. The van der Waals surface area contributed by atoms with Crippen LogP contribution in [0, 0.1) is 5.92 Å². The van der Waals surface area contributed by atoms with E-state index in [2.05, 4.69) is 24.9 Å². The Hall–Kier alpha value is -2.97. The lowest BCUT2D eigenvalue weighted by molar-refractivity contribution is 0.0343. The number of amides is 1. The van der Waals surface area contributed by atoms with Gasteiger partial charge in [-0.05, 0) is 43.8 Å².